The normalized spacial score (nSPS) is 17.9. The average Bonchev–Trinajstić information content (AvgIpc) is 3.10. The predicted octanol–water partition coefficient (Wildman–Crippen LogP) is 3.96. The van der Waals surface area contributed by atoms with Gasteiger partial charge in [-0.3, -0.25) is 9.78 Å². The quantitative estimate of drug-likeness (QED) is 0.496. The van der Waals surface area contributed by atoms with Crippen LogP contribution < -0.4 is 15.4 Å². The van der Waals surface area contributed by atoms with Crippen molar-refractivity contribution in [1.29, 1.82) is 0 Å². The van der Waals surface area contributed by atoms with Crippen LogP contribution in [0.1, 0.15) is 10.4 Å². The van der Waals surface area contributed by atoms with Crippen LogP contribution in [0, 0.1) is 0 Å². The lowest BCUT2D eigenvalue weighted by molar-refractivity contribution is 0.103. The van der Waals surface area contributed by atoms with Crippen LogP contribution in [0.2, 0.25) is 0 Å². The van der Waals surface area contributed by atoms with Crippen molar-refractivity contribution in [1.82, 2.24) is 15.6 Å². The number of benzene rings is 1. The van der Waals surface area contributed by atoms with E-state index < -0.39 is 0 Å². The maximum absolute atomic E-state index is 13.0. The molecule has 1 unspecified atom stereocenters. The van der Waals surface area contributed by atoms with Gasteiger partial charge in [0, 0.05) is 56.6 Å². The van der Waals surface area contributed by atoms with Crippen molar-refractivity contribution < 1.29 is 4.79 Å². The molecule has 0 saturated heterocycles. The number of rotatable bonds is 5. The number of hydrogen-bond acceptors (Lipinski definition) is 6. The first-order valence-corrected chi connectivity index (χ1v) is 9.59. The molecule has 0 bridgehead atoms. The molecule has 7 heteroatoms. The summed E-state index contributed by atoms with van der Waals surface area (Å²) >= 11 is 4.91. The molecular formula is C19H15BrN4OS. The highest BCUT2D eigenvalue weighted by Gasteiger charge is 2.29. The zero-order valence-corrected chi connectivity index (χ0v) is 16.0. The Morgan fingerprint density at radius 2 is 2.08 bits per heavy atom. The van der Waals surface area contributed by atoms with Crippen LogP contribution in [-0.2, 0) is 0 Å². The average molecular weight is 427 g/mol. The summed E-state index contributed by atoms with van der Waals surface area (Å²) in [4.78, 5) is 18.1. The van der Waals surface area contributed by atoms with Gasteiger partial charge in [0.1, 0.15) is 6.17 Å². The predicted molar refractivity (Wildman–Crippen MR) is 108 cm³/mol. The lowest BCUT2D eigenvalue weighted by atomic mass is 9.96. The van der Waals surface area contributed by atoms with E-state index >= 15 is 0 Å². The molecule has 1 atom stereocenters. The monoisotopic (exact) mass is 426 g/mol. The first kappa shape index (κ1) is 16.9. The number of dihydropyridines is 1. The Kier molecular flexibility index (Phi) is 4.81. The Morgan fingerprint density at radius 3 is 2.92 bits per heavy atom. The van der Waals surface area contributed by atoms with Gasteiger partial charge < -0.3 is 15.4 Å². The fourth-order valence-corrected chi connectivity index (χ4v) is 3.75. The fraction of sp³-hybridized carbons (Fsp3) is 0.0526. The van der Waals surface area contributed by atoms with Crippen LogP contribution in [-0.4, -0.2) is 16.9 Å². The van der Waals surface area contributed by atoms with Gasteiger partial charge in [-0.2, -0.15) is 0 Å². The van der Waals surface area contributed by atoms with Gasteiger partial charge in [-0.25, -0.2) is 0 Å². The first-order valence-electron chi connectivity index (χ1n) is 7.98. The third-order valence-electron chi connectivity index (χ3n) is 3.99. The van der Waals surface area contributed by atoms with Gasteiger partial charge in [0.05, 0.1) is 0 Å². The van der Waals surface area contributed by atoms with Crippen molar-refractivity contribution in [2.24, 2.45) is 0 Å². The van der Waals surface area contributed by atoms with Gasteiger partial charge in [-0.05, 0) is 58.2 Å². The molecule has 0 saturated carbocycles. The van der Waals surface area contributed by atoms with Gasteiger partial charge in [-0.1, -0.05) is 12.1 Å². The van der Waals surface area contributed by atoms with Crippen molar-refractivity contribution in [3.63, 3.8) is 0 Å². The number of anilines is 1. The Balaban J connectivity index is 1.51. The maximum atomic E-state index is 13.0. The van der Waals surface area contributed by atoms with Crippen LogP contribution in [0.15, 0.2) is 87.8 Å². The van der Waals surface area contributed by atoms with E-state index in [1.54, 1.807) is 18.6 Å². The second-order valence-corrected chi connectivity index (χ2v) is 7.55. The van der Waals surface area contributed by atoms with Crippen LogP contribution in [0.3, 0.4) is 0 Å². The number of fused-ring (bicyclic) bond motifs is 1. The van der Waals surface area contributed by atoms with Crippen LogP contribution in [0.5, 0.6) is 0 Å². The summed E-state index contributed by atoms with van der Waals surface area (Å²) in [5, 5.41) is 6.39. The van der Waals surface area contributed by atoms with E-state index in [2.05, 4.69) is 36.3 Å². The molecular weight excluding hydrogens is 412 g/mol. The second-order valence-electron chi connectivity index (χ2n) is 5.76. The molecule has 1 aromatic carbocycles. The number of ketones is 1. The van der Waals surface area contributed by atoms with E-state index in [1.807, 2.05) is 48.7 Å². The van der Waals surface area contributed by atoms with Crippen molar-refractivity contribution in [3.8, 4) is 0 Å². The van der Waals surface area contributed by atoms with E-state index in [9.17, 15) is 4.79 Å². The third-order valence-corrected chi connectivity index (χ3v) is 5.26. The van der Waals surface area contributed by atoms with Crippen molar-refractivity contribution in [2.45, 2.75) is 11.1 Å². The fourth-order valence-electron chi connectivity index (χ4n) is 2.75. The van der Waals surface area contributed by atoms with Crippen LogP contribution >= 0.6 is 27.9 Å². The molecule has 0 amide bonds. The molecule has 0 radical (unpaired) electrons. The number of pyridine rings is 1. The maximum Gasteiger partial charge on any atom is 0.194 e. The number of carbonyl (C=O) groups excluding carboxylic acids is 1. The summed E-state index contributed by atoms with van der Waals surface area (Å²) in [6.45, 7) is 0. The first-order chi connectivity index (χ1) is 12.7. The summed E-state index contributed by atoms with van der Waals surface area (Å²) in [5.41, 5.74) is 3.11. The topological polar surface area (TPSA) is 66.1 Å². The molecule has 3 heterocycles. The Hall–Kier alpha value is -2.51. The smallest absolute Gasteiger partial charge is 0.194 e. The lowest BCUT2D eigenvalue weighted by Crippen LogP contribution is -2.36. The summed E-state index contributed by atoms with van der Waals surface area (Å²) in [6, 6.07) is 11.4. The highest BCUT2D eigenvalue weighted by Crippen LogP contribution is 2.29. The number of aromatic nitrogens is 1. The number of nitrogens with one attached hydrogen (secondary N) is 3. The molecule has 2 aliphatic heterocycles. The number of hydrogen-bond donors (Lipinski definition) is 3. The Morgan fingerprint density at radius 1 is 1.19 bits per heavy atom. The van der Waals surface area contributed by atoms with Crippen molar-refractivity contribution in [3.05, 3.63) is 88.5 Å². The molecule has 4 rings (SSSR count). The SMILES string of the molecule is O=C(C1=CNC2NC=C(Br)C=C12)c1cccc(NSc2cccnc2)c1. The largest absolute Gasteiger partial charge is 0.367 e. The summed E-state index contributed by atoms with van der Waals surface area (Å²) < 4.78 is 4.17. The summed E-state index contributed by atoms with van der Waals surface area (Å²) in [6.07, 6.45) is 9.07. The minimum absolute atomic E-state index is 0.00900. The molecule has 1 aromatic heterocycles. The van der Waals surface area contributed by atoms with Crippen LogP contribution in [0.4, 0.5) is 5.69 Å². The minimum atomic E-state index is -0.0577. The highest BCUT2D eigenvalue weighted by molar-refractivity contribution is 9.11. The molecule has 26 heavy (non-hydrogen) atoms. The van der Waals surface area contributed by atoms with Gasteiger partial charge in [0.2, 0.25) is 0 Å². The number of halogens is 1. The van der Waals surface area contributed by atoms with Gasteiger partial charge in [0.25, 0.3) is 0 Å². The second kappa shape index (κ2) is 7.39. The van der Waals surface area contributed by atoms with E-state index in [0.717, 1.165) is 20.6 Å². The van der Waals surface area contributed by atoms with Gasteiger partial charge >= 0.3 is 0 Å². The lowest BCUT2D eigenvalue weighted by Gasteiger charge is -2.19. The standard InChI is InChI=1S/C19H15BrN4OS/c20-13-8-16-17(11-23-19(16)22-9-13)18(25)12-3-1-4-14(7-12)24-26-15-5-2-6-21-10-15/h1-11,19,22-24H. The number of Topliss-reactive ketones (excluding diaryl/α,β-unsaturated/α-hetero) is 1. The van der Waals surface area contributed by atoms with Crippen molar-refractivity contribution in [2.75, 3.05) is 4.72 Å². The molecule has 0 fully saturated rings. The Labute approximate surface area is 163 Å². The molecule has 0 aliphatic carbocycles. The molecule has 2 aliphatic rings. The number of allylic oxidation sites excluding steroid dienone is 2. The number of carbonyl (C=O) groups is 1. The van der Waals surface area contributed by atoms with Crippen molar-refractivity contribution >= 4 is 39.3 Å². The highest BCUT2D eigenvalue weighted by atomic mass is 79.9. The van der Waals surface area contributed by atoms with E-state index in [4.69, 9.17) is 0 Å². The molecule has 5 nitrogen and oxygen atoms in total. The third kappa shape index (κ3) is 3.54. The number of nitrogens with zero attached hydrogens (tertiary/aromatic N) is 1. The van der Waals surface area contributed by atoms with Gasteiger partial charge in [0.15, 0.2) is 5.78 Å². The minimum Gasteiger partial charge on any atom is -0.367 e. The summed E-state index contributed by atoms with van der Waals surface area (Å²) in [7, 11) is 0. The molecule has 130 valence electrons. The molecule has 2 aromatic rings. The molecule has 3 N–H and O–H groups in total. The zero-order chi connectivity index (χ0) is 17.9. The van der Waals surface area contributed by atoms with Crippen LogP contribution in [0.25, 0.3) is 0 Å². The van der Waals surface area contributed by atoms with E-state index in [-0.39, 0.29) is 11.9 Å². The summed E-state index contributed by atoms with van der Waals surface area (Å²) in [5.74, 6) is -0.00900. The zero-order valence-electron chi connectivity index (χ0n) is 13.6. The van der Waals surface area contributed by atoms with Gasteiger partial charge in [-0.15, -0.1) is 0 Å². The van der Waals surface area contributed by atoms with E-state index in [0.29, 0.717) is 11.1 Å². The van der Waals surface area contributed by atoms with E-state index in [1.165, 1.54) is 11.9 Å². The molecule has 0 spiro atoms. The Bertz CT molecular complexity index is 940.